The Morgan fingerprint density at radius 1 is 0.407 bits per heavy atom. The summed E-state index contributed by atoms with van der Waals surface area (Å²) in [6, 6.07) is 27.2. The summed E-state index contributed by atoms with van der Waals surface area (Å²) in [5.41, 5.74) is 2.31. The summed E-state index contributed by atoms with van der Waals surface area (Å²) in [5, 5.41) is 0. The number of aryl methyl sites for hydroxylation is 2. The van der Waals surface area contributed by atoms with E-state index in [4.69, 9.17) is 9.47 Å². The van der Waals surface area contributed by atoms with Gasteiger partial charge in [-0.1, -0.05) is 178 Å². The third kappa shape index (κ3) is 22.8. The van der Waals surface area contributed by atoms with E-state index in [1.54, 1.807) is 24.3 Å². The zero-order chi connectivity index (χ0) is 41.9. The van der Waals surface area contributed by atoms with Gasteiger partial charge < -0.3 is 18.6 Å². The molecule has 0 amide bonds. The molecule has 0 radical (unpaired) electrons. The van der Waals surface area contributed by atoms with Gasteiger partial charge in [0.2, 0.25) is 0 Å². The maximum atomic E-state index is 11.4. The maximum absolute atomic E-state index is 11.4. The van der Waals surface area contributed by atoms with Crippen LogP contribution in [0.15, 0.2) is 107 Å². The predicted octanol–water partition coefficient (Wildman–Crippen LogP) is 13.3. The summed E-state index contributed by atoms with van der Waals surface area (Å²) < 4.78 is 79.7. The van der Waals surface area contributed by atoms with Crippen LogP contribution in [-0.4, -0.2) is 63.7 Å². The molecular weight excluding hydrogens is 809 g/mol. The summed E-state index contributed by atoms with van der Waals surface area (Å²) in [6.45, 7) is 4.50. The fraction of sp³-hybridized carbons (Fsp3) is 0.500. The average Bonchev–Trinajstić information content (AvgIpc) is 3.19. The second-order valence-corrected chi connectivity index (χ2v) is 17.9. The molecule has 0 N–H and O–H groups in total. The van der Waals surface area contributed by atoms with Crippen LogP contribution < -0.4 is 9.47 Å². The first kappa shape index (κ1) is 52.7. The second-order valence-electron chi connectivity index (χ2n) is 15.2. The SMILES string of the molecule is CCCCCCCCCCCCc1cccc(Oc2ccccc2S(=O)(=O)[O-])c1.CCCCCCCCCCCCc1cccc(Oc2ccccc2S(=O)(=O)[O-])c1.[Ca+2]. The molecule has 0 aliphatic rings. The van der Waals surface area contributed by atoms with Gasteiger partial charge in [0.15, 0.2) is 0 Å². The van der Waals surface area contributed by atoms with Crippen molar-refractivity contribution in [2.24, 2.45) is 0 Å². The third-order valence-electron chi connectivity index (χ3n) is 10.1. The molecule has 8 nitrogen and oxygen atoms in total. The van der Waals surface area contributed by atoms with Gasteiger partial charge in [-0.3, -0.25) is 0 Å². The van der Waals surface area contributed by atoms with Gasteiger partial charge in [0.1, 0.15) is 43.2 Å². The number of hydrogen-bond donors (Lipinski definition) is 0. The van der Waals surface area contributed by atoms with Crippen LogP contribution in [0.1, 0.15) is 153 Å². The van der Waals surface area contributed by atoms with Gasteiger partial charge in [0.05, 0.1) is 9.79 Å². The van der Waals surface area contributed by atoms with Crippen LogP contribution in [-0.2, 0) is 33.1 Å². The Balaban J connectivity index is 0.000000400. The molecule has 4 rings (SSSR count). The largest absolute Gasteiger partial charge is 2.00 e. The Kier molecular flexibility index (Phi) is 27.3. The summed E-state index contributed by atoms with van der Waals surface area (Å²) in [7, 11) is -9.14. The van der Waals surface area contributed by atoms with Crippen LogP contribution >= 0.6 is 0 Å². The monoisotopic (exact) mass is 874 g/mol. The summed E-state index contributed by atoms with van der Waals surface area (Å²) in [6.07, 6.45) is 28.0. The van der Waals surface area contributed by atoms with Crippen LogP contribution in [0.4, 0.5) is 0 Å². The van der Waals surface area contributed by atoms with Crippen molar-refractivity contribution in [3.63, 3.8) is 0 Å². The van der Waals surface area contributed by atoms with Crippen LogP contribution in [0.25, 0.3) is 0 Å². The van der Waals surface area contributed by atoms with Crippen molar-refractivity contribution in [3.05, 3.63) is 108 Å². The van der Waals surface area contributed by atoms with Gasteiger partial charge in [-0.15, -0.1) is 0 Å². The molecular formula is C48H66CaO8S2. The Morgan fingerprint density at radius 2 is 0.712 bits per heavy atom. The topological polar surface area (TPSA) is 133 Å². The number of benzene rings is 4. The van der Waals surface area contributed by atoms with Gasteiger partial charge in [0, 0.05) is 0 Å². The van der Waals surface area contributed by atoms with E-state index in [1.807, 2.05) is 24.3 Å². The molecule has 0 saturated heterocycles. The van der Waals surface area contributed by atoms with Crippen molar-refractivity contribution in [2.75, 3.05) is 0 Å². The Labute approximate surface area is 386 Å². The van der Waals surface area contributed by atoms with Gasteiger partial charge in [-0.25, -0.2) is 16.8 Å². The third-order valence-corrected chi connectivity index (χ3v) is 11.9. The van der Waals surface area contributed by atoms with E-state index in [1.165, 1.54) is 152 Å². The van der Waals surface area contributed by atoms with E-state index in [0.29, 0.717) is 11.5 Å². The quantitative estimate of drug-likeness (QED) is 0.0313. The van der Waals surface area contributed by atoms with E-state index in [0.717, 1.165) is 36.8 Å². The van der Waals surface area contributed by atoms with E-state index >= 15 is 0 Å². The molecule has 320 valence electrons. The van der Waals surface area contributed by atoms with Crippen molar-refractivity contribution in [2.45, 2.75) is 165 Å². The molecule has 0 heterocycles. The minimum Gasteiger partial charge on any atom is -0.744 e. The van der Waals surface area contributed by atoms with Gasteiger partial charge >= 0.3 is 37.7 Å². The molecule has 59 heavy (non-hydrogen) atoms. The normalized spacial score (nSPS) is 11.3. The first-order valence-corrected chi connectivity index (χ1v) is 24.5. The summed E-state index contributed by atoms with van der Waals surface area (Å²) in [4.78, 5) is -0.666. The zero-order valence-electron chi connectivity index (χ0n) is 35.6. The minimum atomic E-state index is -4.57. The Bertz CT molecular complexity index is 1810. The van der Waals surface area contributed by atoms with E-state index in [-0.39, 0.29) is 59.0 Å². The molecule has 0 atom stereocenters. The number of hydrogen-bond acceptors (Lipinski definition) is 8. The average molecular weight is 875 g/mol. The van der Waals surface area contributed by atoms with Gasteiger partial charge in [0.25, 0.3) is 0 Å². The first-order chi connectivity index (χ1) is 28.0. The molecule has 0 aromatic heterocycles. The van der Waals surface area contributed by atoms with Gasteiger partial charge in [-0.05, 0) is 85.3 Å². The van der Waals surface area contributed by atoms with Crippen LogP contribution in [0.3, 0.4) is 0 Å². The van der Waals surface area contributed by atoms with Crippen molar-refractivity contribution in [1.82, 2.24) is 0 Å². The van der Waals surface area contributed by atoms with Gasteiger partial charge in [-0.2, -0.15) is 0 Å². The molecule has 11 heteroatoms. The molecule has 0 saturated carbocycles. The summed E-state index contributed by atoms with van der Waals surface area (Å²) in [5.74, 6) is 1.23. The molecule has 0 aliphatic heterocycles. The fourth-order valence-corrected chi connectivity index (χ4v) is 8.10. The predicted molar refractivity (Wildman–Crippen MR) is 239 cm³/mol. The Hall–Kier alpha value is -2.44. The zero-order valence-corrected chi connectivity index (χ0v) is 39.4. The first-order valence-electron chi connectivity index (χ1n) is 21.6. The molecule has 0 aliphatic carbocycles. The number of ether oxygens (including phenoxy) is 2. The maximum Gasteiger partial charge on any atom is 2.00 e. The summed E-state index contributed by atoms with van der Waals surface area (Å²) >= 11 is 0. The van der Waals surface area contributed by atoms with Crippen molar-refractivity contribution < 1.29 is 35.4 Å². The van der Waals surface area contributed by atoms with E-state index in [9.17, 15) is 25.9 Å². The van der Waals surface area contributed by atoms with E-state index < -0.39 is 20.2 Å². The minimum absolute atomic E-state index is 0. The molecule has 0 fully saturated rings. The van der Waals surface area contributed by atoms with Crippen LogP contribution in [0.5, 0.6) is 23.0 Å². The molecule has 4 aromatic rings. The number of unbranched alkanes of at least 4 members (excludes halogenated alkanes) is 18. The van der Waals surface area contributed by atoms with Crippen LogP contribution in [0.2, 0.25) is 0 Å². The smallest absolute Gasteiger partial charge is 0.744 e. The van der Waals surface area contributed by atoms with Crippen molar-refractivity contribution >= 4 is 58.0 Å². The molecule has 0 unspecified atom stereocenters. The Morgan fingerprint density at radius 3 is 1.03 bits per heavy atom. The number of para-hydroxylation sites is 2. The molecule has 4 aromatic carbocycles. The standard InChI is InChI=1S/2C24H34O4S.Ca/c2*1-2-3-4-5-6-7-8-9-10-11-15-21-16-14-17-22(20-21)28-23-18-12-13-19-24(23)29(25,26)27;/h2*12-14,16-20H,2-11,15H2,1H3,(H,25,26,27);/q;;+2/p-2. The fourth-order valence-electron chi connectivity index (χ4n) is 6.90. The number of rotatable bonds is 28. The second kappa shape index (κ2) is 30.6. The molecule has 0 spiro atoms. The van der Waals surface area contributed by atoms with E-state index in [2.05, 4.69) is 26.0 Å². The van der Waals surface area contributed by atoms with Crippen molar-refractivity contribution in [3.8, 4) is 23.0 Å². The van der Waals surface area contributed by atoms with Crippen LogP contribution in [0, 0.1) is 0 Å². The van der Waals surface area contributed by atoms with Crippen molar-refractivity contribution in [1.29, 1.82) is 0 Å². The molecule has 0 bridgehead atoms.